The molecular formula is C15H17N3OS. The van der Waals surface area contributed by atoms with Gasteiger partial charge in [-0.05, 0) is 43.8 Å². The Morgan fingerprint density at radius 1 is 1.25 bits per heavy atom. The monoisotopic (exact) mass is 287 g/mol. The number of hydrogen-bond donors (Lipinski definition) is 1. The van der Waals surface area contributed by atoms with Gasteiger partial charge in [-0.1, -0.05) is 17.4 Å². The fraction of sp³-hybridized carbons (Fsp3) is 0.267. The number of aryl methyl sites for hydroxylation is 1. The summed E-state index contributed by atoms with van der Waals surface area (Å²) in [4.78, 5) is 6.50. The Morgan fingerprint density at radius 3 is 2.85 bits per heavy atom. The van der Waals surface area contributed by atoms with Gasteiger partial charge >= 0.3 is 0 Å². The number of thiazole rings is 1. The topological polar surface area (TPSA) is 55.3 Å². The lowest BCUT2D eigenvalue weighted by molar-refractivity contribution is 0.285. The van der Waals surface area contributed by atoms with E-state index in [1.54, 1.807) is 0 Å². The normalized spacial score (nSPS) is 11.6. The van der Waals surface area contributed by atoms with Gasteiger partial charge in [0.1, 0.15) is 11.5 Å². The van der Waals surface area contributed by atoms with Gasteiger partial charge in [0.15, 0.2) is 5.13 Å². The van der Waals surface area contributed by atoms with Crippen molar-refractivity contribution in [3.05, 3.63) is 47.4 Å². The van der Waals surface area contributed by atoms with Crippen molar-refractivity contribution in [2.75, 3.05) is 12.8 Å². The lowest BCUT2D eigenvalue weighted by Gasteiger charge is -2.15. The van der Waals surface area contributed by atoms with E-state index < -0.39 is 0 Å². The van der Waals surface area contributed by atoms with Crippen molar-refractivity contribution in [3.63, 3.8) is 0 Å². The average Bonchev–Trinajstić information content (AvgIpc) is 2.93. The van der Waals surface area contributed by atoms with Crippen LogP contribution in [0.1, 0.15) is 17.1 Å². The van der Waals surface area contributed by atoms with Crippen LogP contribution in [0.15, 0.2) is 34.7 Å². The minimum Gasteiger partial charge on any atom is -0.465 e. The van der Waals surface area contributed by atoms with E-state index in [2.05, 4.69) is 29.1 Å². The van der Waals surface area contributed by atoms with Crippen LogP contribution >= 0.6 is 11.3 Å². The number of fused-ring (bicyclic) bond motifs is 1. The number of furan rings is 1. The highest BCUT2D eigenvalue weighted by Gasteiger charge is 2.07. The summed E-state index contributed by atoms with van der Waals surface area (Å²) in [5.74, 6) is 1.95. The van der Waals surface area contributed by atoms with Crippen molar-refractivity contribution in [1.82, 2.24) is 9.88 Å². The third-order valence-electron chi connectivity index (χ3n) is 3.14. The molecule has 5 heteroatoms. The summed E-state index contributed by atoms with van der Waals surface area (Å²) < 4.78 is 6.74. The molecule has 0 bridgehead atoms. The molecule has 0 fully saturated rings. The number of hydrogen-bond acceptors (Lipinski definition) is 5. The highest BCUT2D eigenvalue weighted by molar-refractivity contribution is 7.22. The number of nitrogens with zero attached hydrogens (tertiary/aromatic N) is 2. The van der Waals surface area contributed by atoms with E-state index in [4.69, 9.17) is 10.2 Å². The van der Waals surface area contributed by atoms with E-state index in [9.17, 15) is 0 Å². The van der Waals surface area contributed by atoms with E-state index in [1.807, 2.05) is 25.1 Å². The van der Waals surface area contributed by atoms with Crippen LogP contribution in [-0.2, 0) is 13.1 Å². The maximum Gasteiger partial charge on any atom is 0.181 e. The van der Waals surface area contributed by atoms with Crippen LogP contribution in [0.25, 0.3) is 10.2 Å². The van der Waals surface area contributed by atoms with Gasteiger partial charge in [-0.15, -0.1) is 0 Å². The molecule has 0 amide bonds. The lowest BCUT2D eigenvalue weighted by Crippen LogP contribution is -2.16. The summed E-state index contributed by atoms with van der Waals surface area (Å²) in [6.07, 6.45) is 0. The highest BCUT2D eigenvalue weighted by Crippen LogP contribution is 2.25. The second-order valence-corrected chi connectivity index (χ2v) is 6.10. The van der Waals surface area contributed by atoms with Gasteiger partial charge in [-0.2, -0.15) is 0 Å². The van der Waals surface area contributed by atoms with Crippen molar-refractivity contribution in [2.24, 2.45) is 0 Å². The first-order valence-corrected chi connectivity index (χ1v) is 7.30. The first-order chi connectivity index (χ1) is 9.60. The molecule has 0 aliphatic carbocycles. The molecule has 3 rings (SSSR count). The maximum absolute atomic E-state index is 5.73. The summed E-state index contributed by atoms with van der Waals surface area (Å²) in [6, 6.07) is 10.3. The second kappa shape index (κ2) is 5.26. The molecule has 0 aliphatic heterocycles. The lowest BCUT2D eigenvalue weighted by atomic mass is 10.2. The molecule has 0 saturated heterocycles. The van der Waals surface area contributed by atoms with Gasteiger partial charge in [-0.25, -0.2) is 4.98 Å². The first kappa shape index (κ1) is 13.1. The van der Waals surface area contributed by atoms with Gasteiger partial charge in [0.2, 0.25) is 0 Å². The summed E-state index contributed by atoms with van der Waals surface area (Å²) in [5, 5.41) is 0.622. The first-order valence-electron chi connectivity index (χ1n) is 6.49. The third-order valence-corrected chi connectivity index (χ3v) is 3.99. The second-order valence-electron chi connectivity index (χ2n) is 5.04. The molecule has 1 aromatic carbocycles. The van der Waals surface area contributed by atoms with Crippen LogP contribution in [0.5, 0.6) is 0 Å². The Labute approximate surface area is 121 Å². The van der Waals surface area contributed by atoms with Crippen molar-refractivity contribution in [2.45, 2.75) is 20.0 Å². The van der Waals surface area contributed by atoms with Gasteiger partial charge in [0.05, 0.1) is 16.8 Å². The van der Waals surface area contributed by atoms with E-state index in [1.165, 1.54) is 16.9 Å². The molecule has 2 heterocycles. The van der Waals surface area contributed by atoms with Crippen molar-refractivity contribution in [1.29, 1.82) is 0 Å². The van der Waals surface area contributed by atoms with Crippen LogP contribution in [0, 0.1) is 6.92 Å². The fourth-order valence-electron chi connectivity index (χ4n) is 2.29. The Kier molecular flexibility index (Phi) is 3.46. The molecule has 0 aliphatic rings. The molecule has 104 valence electrons. The number of rotatable bonds is 4. The number of benzene rings is 1. The summed E-state index contributed by atoms with van der Waals surface area (Å²) in [7, 11) is 2.09. The summed E-state index contributed by atoms with van der Waals surface area (Å²) in [6.45, 7) is 3.63. The van der Waals surface area contributed by atoms with Gasteiger partial charge in [0, 0.05) is 6.54 Å². The molecule has 0 radical (unpaired) electrons. The summed E-state index contributed by atoms with van der Waals surface area (Å²) >= 11 is 1.53. The quantitative estimate of drug-likeness (QED) is 0.799. The smallest absolute Gasteiger partial charge is 0.181 e. The zero-order chi connectivity index (χ0) is 14.1. The van der Waals surface area contributed by atoms with Crippen LogP contribution in [-0.4, -0.2) is 16.9 Å². The number of anilines is 1. The summed E-state index contributed by atoms with van der Waals surface area (Å²) in [5.41, 5.74) is 7.96. The Hall–Kier alpha value is -1.85. The van der Waals surface area contributed by atoms with E-state index >= 15 is 0 Å². The van der Waals surface area contributed by atoms with Crippen LogP contribution in [0.2, 0.25) is 0 Å². The Bertz CT molecular complexity index is 732. The van der Waals surface area contributed by atoms with Crippen molar-refractivity contribution >= 4 is 26.7 Å². The van der Waals surface area contributed by atoms with E-state index in [-0.39, 0.29) is 0 Å². The molecule has 4 nitrogen and oxygen atoms in total. The maximum atomic E-state index is 5.73. The predicted octanol–water partition coefficient (Wildman–Crippen LogP) is 3.41. The molecule has 0 unspecified atom stereocenters. The van der Waals surface area contributed by atoms with E-state index in [0.29, 0.717) is 5.13 Å². The molecule has 2 aromatic heterocycles. The van der Waals surface area contributed by atoms with Crippen molar-refractivity contribution in [3.8, 4) is 0 Å². The molecule has 0 atom stereocenters. The van der Waals surface area contributed by atoms with Crippen molar-refractivity contribution < 1.29 is 4.42 Å². The zero-order valence-corrected chi connectivity index (χ0v) is 12.4. The predicted molar refractivity (Wildman–Crippen MR) is 82.6 cm³/mol. The zero-order valence-electron chi connectivity index (χ0n) is 11.6. The molecule has 0 spiro atoms. The SMILES string of the molecule is Cc1ccc(CN(C)Cc2ccc3nc(N)sc3c2)o1. The molecule has 0 saturated carbocycles. The van der Waals surface area contributed by atoms with Crippen LogP contribution in [0.3, 0.4) is 0 Å². The molecule has 2 N–H and O–H groups in total. The van der Waals surface area contributed by atoms with E-state index in [0.717, 1.165) is 34.8 Å². The number of nitrogen functional groups attached to an aromatic ring is 1. The fourth-order valence-corrected chi connectivity index (χ4v) is 3.09. The standard InChI is InChI=1S/C15H17N3OS/c1-10-3-5-12(19-10)9-18(2)8-11-4-6-13-14(7-11)20-15(16)17-13/h3-7H,8-9H2,1-2H3,(H2,16,17). The number of aromatic nitrogens is 1. The third kappa shape index (κ3) is 2.84. The van der Waals surface area contributed by atoms with Gasteiger partial charge in [-0.3, -0.25) is 4.90 Å². The number of nitrogens with two attached hydrogens (primary N) is 1. The minimum atomic E-state index is 0.622. The average molecular weight is 287 g/mol. The largest absolute Gasteiger partial charge is 0.465 e. The van der Waals surface area contributed by atoms with Gasteiger partial charge in [0.25, 0.3) is 0 Å². The molecule has 20 heavy (non-hydrogen) atoms. The molecule has 3 aromatic rings. The Morgan fingerprint density at radius 2 is 2.10 bits per heavy atom. The Balaban J connectivity index is 1.71. The van der Waals surface area contributed by atoms with Gasteiger partial charge < -0.3 is 10.2 Å². The highest BCUT2D eigenvalue weighted by atomic mass is 32.1. The van der Waals surface area contributed by atoms with Crippen LogP contribution in [0.4, 0.5) is 5.13 Å². The minimum absolute atomic E-state index is 0.622. The molecular weight excluding hydrogens is 270 g/mol. The van der Waals surface area contributed by atoms with Crippen LogP contribution < -0.4 is 5.73 Å².